The standard InChI is InChI=1S/C82H137N5O59/c1-18-40(102)50(112)55(117)76(125-18)142-66-38(86-23(6)100)74(133-32(15-95)64(66)140-78-57(119)52(114)43(105)26(9-89)129-78)138-63-31(14-94)135-82(70(59(63)121)146-75-39(87-24(7)101)67(143-77-56(118)51(113)41(103)19(2)126-77)65(33(16-96)134-75)141-79-58(120)53(115)44(106)27(10-90)130-79)144-68-46(108)34(17-124-81-69(54(116)45(107)28(11-91)131-81)145-72-36(84-21(4)98)47(109)42(104)25(8-88)128-72)136-80(60(68)122)139-62-30(13-93)132-73(37(49(62)111)85-22(5)99)137-61-29(12-92)127-71(123)35(48(61)110)83-20(3)97/h18-19,25-82,88-96,102-123H,8-17H2,1-7H3,(H,83,97)(H,84,98)(H,85,99)(H,86,100)(H,87,101)/t18-,19-,25+,26+,27+,28+,29+,30+,31+,32+,33+,34+,35+,36+,37+,38+,39+,40+,41+,42+,43-,44-,45+,46+,47+,48+,49+,50+,51+,52-,53-,54-,55-,56-,57+,58+,59-,60-,61+,62+,63+,64+,65+,66+,67+,68-,69-,70-,71+,72-,73-,74-,75-,76-,77-,78-,79-,80-,81-,82+/m0/s1. The van der Waals surface area contributed by atoms with Gasteiger partial charge in [0, 0.05) is 34.6 Å². The Balaban J connectivity index is 0.994. The maximum Gasteiger partial charge on any atom is 0.217 e. The van der Waals surface area contributed by atoms with E-state index < -0.39 is 464 Å². The number of rotatable bonds is 37. The summed E-state index contributed by atoms with van der Waals surface area (Å²) in [5.74, 6) is -5.03. The molecule has 0 aromatic carbocycles. The molecule has 64 nitrogen and oxygen atoms in total. The number of hydrogen-bond acceptors (Lipinski definition) is 59. The average Bonchev–Trinajstić information content (AvgIpc) is 0.737. The van der Waals surface area contributed by atoms with Crippen LogP contribution in [0.15, 0.2) is 0 Å². The number of nitrogens with one attached hydrogen (secondary N) is 5. The molecule has 0 radical (unpaired) electrons. The van der Waals surface area contributed by atoms with E-state index in [-0.39, 0.29) is 0 Å². The molecule has 0 aromatic heterocycles. The number of aliphatic hydroxyl groups is 31. The van der Waals surface area contributed by atoms with Crippen molar-refractivity contribution in [2.45, 2.75) is 417 Å². The molecule has 146 heavy (non-hydrogen) atoms. The van der Waals surface area contributed by atoms with Gasteiger partial charge < -0.3 is 294 Å². The quantitative estimate of drug-likeness (QED) is 0.0275. The number of hydrogen-bond donors (Lipinski definition) is 36. The molecule has 5 amide bonds. The van der Waals surface area contributed by atoms with Crippen molar-refractivity contribution in [2.24, 2.45) is 0 Å². The summed E-state index contributed by atoms with van der Waals surface area (Å²) in [6.45, 7) is -5.49. The van der Waals surface area contributed by atoms with Gasteiger partial charge in [0.15, 0.2) is 75.5 Å². The van der Waals surface area contributed by atoms with Gasteiger partial charge in [0.1, 0.15) is 280 Å². The van der Waals surface area contributed by atoms with Crippen molar-refractivity contribution in [2.75, 3.05) is 66.1 Å². The van der Waals surface area contributed by atoms with E-state index in [1.807, 2.05) is 0 Å². The second-order valence-electron chi connectivity index (χ2n) is 37.3. The van der Waals surface area contributed by atoms with Crippen molar-refractivity contribution in [1.29, 1.82) is 0 Å². The number of ether oxygens (including phenoxy) is 23. The second-order valence-corrected chi connectivity index (χ2v) is 37.3. The topological polar surface area (TPSA) is 985 Å². The molecule has 0 spiro atoms. The molecule has 12 saturated heterocycles. The van der Waals surface area contributed by atoms with Crippen LogP contribution < -0.4 is 26.6 Å². The minimum absolute atomic E-state index is 0.833. The molecule has 60 atom stereocenters. The van der Waals surface area contributed by atoms with Gasteiger partial charge in [-0.1, -0.05) is 0 Å². The van der Waals surface area contributed by atoms with E-state index in [2.05, 4.69) is 26.6 Å². The summed E-state index contributed by atoms with van der Waals surface area (Å²) in [4.78, 5) is 66.4. The molecule has 12 aliphatic rings. The Bertz CT molecular complexity index is 4090. The normalized spacial score (nSPS) is 49.8. The number of carbonyl (C=O) groups is 5. The first-order valence-corrected chi connectivity index (χ1v) is 46.9. The van der Waals surface area contributed by atoms with Crippen LogP contribution in [0, 0.1) is 0 Å². The maximum absolute atomic E-state index is 14.1. The molecule has 12 heterocycles. The van der Waals surface area contributed by atoms with Crippen molar-refractivity contribution < 1.29 is 291 Å². The Morgan fingerprint density at radius 3 is 0.836 bits per heavy atom. The molecule has 844 valence electrons. The van der Waals surface area contributed by atoms with Crippen LogP contribution in [0.4, 0.5) is 0 Å². The van der Waals surface area contributed by atoms with Crippen LogP contribution in [0.2, 0.25) is 0 Å². The summed E-state index contributed by atoms with van der Waals surface area (Å²) in [6, 6.07) is -10.1. The zero-order chi connectivity index (χ0) is 107. The fraction of sp³-hybridized carbons (Fsp3) is 0.939. The van der Waals surface area contributed by atoms with Gasteiger partial charge in [0.2, 0.25) is 29.5 Å². The SMILES string of the molecule is CC(=O)N[C@@H]1[C@@H](O)[C@H](O[C@@H]2O[C@H](CO)[C@@H](O[C@@H]3O[C@H](CO[C@H]4O[C@H](CO)[C@@H](O)[C@H](O)[C@@H]4O[C@@H]4O[C@H](CO)[C@@H](O)[C@H](O)[C@H]4NC(C)=O)[C@@H](O)[C@H](O[C@H]4O[C@H](CO)[C@@H](O[C@@H]5O[C@H](CO)[C@@H](O[C@@H]6O[C@H](CO)[C@H](O)[C@H](O)[C@H]6O)[C@H](O[C@@H]6O[C@@H](C)[C@@H](O)[C@@H](O)[C@@H]6O)[C@H]5NC(C)=O)[C@H](O)[C@@H]4O[C@@H]4O[C@H](CO)[C@@H](O[C@@H]5O[C@H](CO)[C@H](O)[C@H](O)[C@H]5O)[C@H](O[C@@H]5O[C@@H](C)[C@@H](O)[C@@H](O)[C@@H]5O)[C@H]4NC(C)=O)[C@@H]3O)[C@H](O)[C@H]2NC(C)=O)[C@@H](CO)O[C@H]1O. The lowest BCUT2D eigenvalue weighted by Gasteiger charge is -2.53. The lowest BCUT2D eigenvalue weighted by Crippen LogP contribution is -2.72. The van der Waals surface area contributed by atoms with Crippen LogP contribution in [0.5, 0.6) is 0 Å². The molecule has 12 rings (SSSR count). The van der Waals surface area contributed by atoms with Gasteiger partial charge in [-0.25, -0.2) is 0 Å². The Morgan fingerprint density at radius 2 is 0.438 bits per heavy atom. The van der Waals surface area contributed by atoms with Crippen LogP contribution in [-0.4, -0.2) is 622 Å². The second kappa shape index (κ2) is 52.2. The van der Waals surface area contributed by atoms with Crippen LogP contribution in [0.3, 0.4) is 0 Å². The first kappa shape index (κ1) is 120. The van der Waals surface area contributed by atoms with Crippen LogP contribution in [0.25, 0.3) is 0 Å². The molecule has 36 N–H and O–H groups in total. The molecule has 12 fully saturated rings. The molecule has 0 aliphatic carbocycles. The Morgan fingerprint density at radius 1 is 0.192 bits per heavy atom. The number of amides is 5. The highest BCUT2D eigenvalue weighted by Crippen LogP contribution is 2.44. The number of carbonyl (C=O) groups excluding carboxylic acids is 5. The smallest absolute Gasteiger partial charge is 0.217 e. The summed E-state index contributed by atoms with van der Waals surface area (Å²) in [5, 5.41) is 366. The van der Waals surface area contributed by atoms with Crippen molar-refractivity contribution in [3.05, 3.63) is 0 Å². The third-order valence-corrected chi connectivity index (χ3v) is 27.0. The molecule has 0 aromatic rings. The Hall–Kier alpha value is -4.81. The fourth-order valence-electron chi connectivity index (χ4n) is 19.2. The summed E-state index contributed by atoms with van der Waals surface area (Å²) >= 11 is 0. The van der Waals surface area contributed by atoms with E-state index in [1.54, 1.807) is 0 Å². The average molecular weight is 2140 g/mol. The van der Waals surface area contributed by atoms with Gasteiger partial charge >= 0.3 is 0 Å². The third kappa shape index (κ3) is 26.3. The highest BCUT2D eigenvalue weighted by Gasteiger charge is 2.65. The lowest BCUT2D eigenvalue weighted by atomic mass is 9.93. The molecule has 0 saturated carbocycles. The first-order chi connectivity index (χ1) is 69.0. The molecule has 12 aliphatic heterocycles. The predicted octanol–water partition coefficient (Wildman–Crippen LogP) is -24.4. The Kier molecular flexibility index (Phi) is 42.8. The molecule has 64 heteroatoms. The summed E-state index contributed by atoms with van der Waals surface area (Å²) in [6.07, 6.45) is -122. The summed E-state index contributed by atoms with van der Waals surface area (Å²) in [7, 11) is 0. The minimum atomic E-state index is -2.85. The number of aliphatic hydroxyl groups excluding tert-OH is 31. The summed E-state index contributed by atoms with van der Waals surface area (Å²) in [5.41, 5.74) is 0. The van der Waals surface area contributed by atoms with Crippen LogP contribution in [0.1, 0.15) is 48.5 Å². The third-order valence-electron chi connectivity index (χ3n) is 27.0. The monoisotopic (exact) mass is 2140 g/mol. The summed E-state index contributed by atoms with van der Waals surface area (Å²) < 4.78 is 142. The van der Waals surface area contributed by atoms with E-state index in [9.17, 15) is 182 Å². The van der Waals surface area contributed by atoms with Gasteiger partial charge in [-0.15, -0.1) is 0 Å². The van der Waals surface area contributed by atoms with E-state index in [0.29, 0.717) is 0 Å². The van der Waals surface area contributed by atoms with E-state index >= 15 is 0 Å². The lowest BCUT2D eigenvalue weighted by molar-refractivity contribution is -0.412. The zero-order valence-electron chi connectivity index (χ0n) is 79.0. The fourth-order valence-corrected chi connectivity index (χ4v) is 19.2. The van der Waals surface area contributed by atoms with Crippen molar-refractivity contribution in [1.82, 2.24) is 26.6 Å². The van der Waals surface area contributed by atoms with Gasteiger partial charge in [-0.3, -0.25) is 24.0 Å². The van der Waals surface area contributed by atoms with E-state index in [1.165, 1.54) is 13.8 Å². The zero-order valence-corrected chi connectivity index (χ0v) is 79.0. The molecular weight excluding hydrogens is 2000 g/mol. The minimum Gasteiger partial charge on any atom is -0.394 e. The molecule has 0 unspecified atom stereocenters. The van der Waals surface area contributed by atoms with Gasteiger partial charge in [0.25, 0.3) is 0 Å². The van der Waals surface area contributed by atoms with Crippen molar-refractivity contribution in [3.63, 3.8) is 0 Å². The van der Waals surface area contributed by atoms with Crippen molar-refractivity contribution in [3.8, 4) is 0 Å². The van der Waals surface area contributed by atoms with E-state index in [4.69, 9.17) is 109 Å². The van der Waals surface area contributed by atoms with Crippen LogP contribution >= 0.6 is 0 Å². The highest BCUT2D eigenvalue weighted by molar-refractivity contribution is 5.75. The molecular formula is C82H137N5O59. The van der Waals surface area contributed by atoms with Gasteiger partial charge in [0.05, 0.1) is 78.3 Å². The largest absolute Gasteiger partial charge is 0.394 e. The predicted molar refractivity (Wildman–Crippen MR) is 450 cm³/mol. The Labute approximate surface area is 827 Å². The van der Waals surface area contributed by atoms with Crippen molar-refractivity contribution >= 4 is 29.5 Å². The van der Waals surface area contributed by atoms with Gasteiger partial charge in [-0.2, -0.15) is 0 Å². The first-order valence-electron chi connectivity index (χ1n) is 46.9. The van der Waals surface area contributed by atoms with Crippen LogP contribution in [-0.2, 0) is 133 Å². The van der Waals surface area contributed by atoms with Gasteiger partial charge in [-0.05, 0) is 13.8 Å². The molecule has 0 bridgehead atoms. The highest BCUT2D eigenvalue weighted by atomic mass is 16.8. The maximum atomic E-state index is 14.1. The van der Waals surface area contributed by atoms with E-state index in [0.717, 1.165) is 34.6 Å².